The summed E-state index contributed by atoms with van der Waals surface area (Å²) in [6.45, 7) is 5.89. The van der Waals surface area contributed by atoms with E-state index in [1.54, 1.807) is 14.0 Å². The number of methoxy groups -OCH3 is 1. The van der Waals surface area contributed by atoms with Crippen molar-refractivity contribution in [3.8, 4) is 17.0 Å². The largest absolute Gasteiger partial charge is 0.497 e. The van der Waals surface area contributed by atoms with Crippen LogP contribution in [0.1, 0.15) is 32.4 Å². The topological polar surface area (TPSA) is 99.2 Å². The lowest BCUT2D eigenvalue weighted by molar-refractivity contribution is -0.121. The van der Waals surface area contributed by atoms with E-state index in [2.05, 4.69) is 15.6 Å². The number of rotatable bonds is 7. The van der Waals surface area contributed by atoms with Crippen molar-refractivity contribution in [3.63, 3.8) is 0 Å². The summed E-state index contributed by atoms with van der Waals surface area (Å²) >= 11 is 0. The molecule has 0 radical (unpaired) electrons. The van der Waals surface area contributed by atoms with Crippen molar-refractivity contribution in [2.45, 2.75) is 46.2 Å². The van der Waals surface area contributed by atoms with Gasteiger partial charge in [0.1, 0.15) is 17.2 Å². The second-order valence-corrected chi connectivity index (χ2v) is 6.89. The molecule has 3 aromatic rings. The van der Waals surface area contributed by atoms with Gasteiger partial charge in [-0.2, -0.15) is 5.10 Å². The number of amides is 1. The first-order chi connectivity index (χ1) is 13.4. The average molecular weight is 384 g/mol. The lowest BCUT2D eigenvalue weighted by Gasteiger charge is -2.10. The molecule has 1 N–H and O–H groups in total. The van der Waals surface area contributed by atoms with Crippen LogP contribution in [0.3, 0.4) is 0 Å². The second-order valence-electron chi connectivity index (χ2n) is 6.89. The van der Waals surface area contributed by atoms with E-state index < -0.39 is 0 Å². The Bertz CT molecular complexity index is 1030. The Morgan fingerprint density at radius 3 is 2.64 bits per heavy atom. The zero-order chi connectivity index (χ0) is 20.3. The van der Waals surface area contributed by atoms with Crippen molar-refractivity contribution in [1.82, 2.24) is 20.3 Å². The maximum atomic E-state index is 12.7. The number of ether oxygens (including phenoxy) is 1. The normalized spacial score (nSPS) is 11.2. The highest BCUT2D eigenvalue weighted by molar-refractivity contribution is 5.93. The van der Waals surface area contributed by atoms with Gasteiger partial charge in [0.2, 0.25) is 5.91 Å². The van der Waals surface area contributed by atoms with Crippen molar-refractivity contribution in [1.29, 1.82) is 0 Å². The summed E-state index contributed by atoms with van der Waals surface area (Å²) in [5.41, 5.74) is 1.35. The van der Waals surface area contributed by atoms with Crippen molar-refractivity contribution < 1.29 is 14.1 Å². The molecule has 1 aromatic carbocycles. The van der Waals surface area contributed by atoms with Gasteiger partial charge in [-0.3, -0.25) is 9.59 Å². The van der Waals surface area contributed by atoms with E-state index in [9.17, 15) is 9.59 Å². The van der Waals surface area contributed by atoms with Gasteiger partial charge in [-0.15, -0.1) is 0 Å². The van der Waals surface area contributed by atoms with E-state index in [0.717, 1.165) is 11.3 Å². The highest BCUT2D eigenvalue weighted by Crippen LogP contribution is 2.28. The number of fused-ring (bicyclic) bond motifs is 1. The quantitative estimate of drug-likeness (QED) is 0.672. The molecule has 8 heteroatoms. The van der Waals surface area contributed by atoms with Crippen LogP contribution in [-0.2, 0) is 11.3 Å². The highest BCUT2D eigenvalue weighted by atomic mass is 16.5. The number of carbonyl (C=O) groups excluding carboxylic acids is 1. The molecule has 0 saturated heterocycles. The minimum absolute atomic E-state index is 0.0446. The fraction of sp³-hybridized carbons (Fsp3) is 0.400. The Kier molecular flexibility index (Phi) is 5.77. The van der Waals surface area contributed by atoms with Gasteiger partial charge >= 0.3 is 0 Å². The Balaban J connectivity index is 1.94. The summed E-state index contributed by atoms with van der Waals surface area (Å²) in [6.07, 6.45) is 0.815. The van der Waals surface area contributed by atoms with E-state index in [1.165, 1.54) is 4.68 Å². The minimum Gasteiger partial charge on any atom is -0.497 e. The van der Waals surface area contributed by atoms with E-state index in [4.69, 9.17) is 9.26 Å². The van der Waals surface area contributed by atoms with Crippen molar-refractivity contribution in [2.24, 2.45) is 0 Å². The number of carbonyl (C=O) groups is 1. The maximum absolute atomic E-state index is 12.7. The number of aryl methyl sites for hydroxylation is 2. The number of hydrogen-bond acceptors (Lipinski definition) is 6. The summed E-state index contributed by atoms with van der Waals surface area (Å²) in [7, 11) is 1.60. The maximum Gasteiger partial charge on any atom is 0.296 e. The molecule has 0 atom stereocenters. The molecule has 0 bridgehead atoms. The van der Waals surface area contributed by atoms with Crippen LogP contribution in [0.2, 0.25) is 0 Å². The third-order valence-corrected chi connectivity index (χ3v) is 4.34. The predicted molar refractivity (Wildman–Crippen MR) is 105 cm³/mol. The van der Waals surface area contributed by atoms with Crippen molar-refractivity contribution >= 4 is 16.8 Å². The first kappa shape index (κ1) is 19.6. The highest BCUT2D eigenvalue weighted by Gasteiger charge is 2.19. The van der Waals surface area contributed by atoms with Crippen LogP contribution < -0.4 is 15.6 Å². The zero-order valence-corrected chi connectivity index (χ0v) is 16.5. The molecular formula is C20H24N4O4. The van der Waals surface area contributed by atoms with Gasteiger partial charge < -0.3 is 14.6 Å². The summed E-state index contributed by atoms with van der Waals surface area (Å²) in [6, 6.07) is 7.49. The van der Waals surface area contributed by atoms with Gasteiger partial charge in [-0.1, -0.05) is 5.16 Å². The smallest absolute Gasteiger partial charge is 0.296 e. The van der Waals surface area contributed by atoms with Crippen LogP contribution in [-0.4, -0.2) is 34.0 Å². The SMILES string of the molecule is COc1ccc(-c2nn(CCCC(=O)NC(C)C)c(=O)c3noc(C)c23)cc1. The summed E-state index contributed by atoms with van der Waals surface area (Å²) in [4.78, 5) is 24.6. The molecule has 0 aliphatic rings. The molecule has 0 unspecified atom stereocenters. The zero-order valence-electron chi connectivity index (χ0n) is 16.5. The van der Waals surface area contributed by atoms with E-state index in [1.807, 2.05) is 38.1 Å². The standard InChI is InChI=1S/C20H24N4O4/c1-12(2)21-16(25)6-5-11-24-20(26)19-17(13(3)28-23-19)18(22-24)14-7-9-15(27-4)10-8-14/h7-10,12H,5-6,11H2,1-4H3,(H,21,25). The molecule has 0 saturated carbocycles. The molecular weight excluding hydrogens is 360 g/mol. The first-order valence-corrected chi connectivity index (χ1v) is 9.21. The minimum atomic E-state index is -0.326. The Morgan fingerprint density at radius 1 is 1.29 bits per heavy atom. The molecule has 0 aliphatic carbocycles. The fourth-order valence-corrected chi connectivity index (χ4v) is 3.02. The third-order valence-electron chi connectivity index (χ3n) is 4.34. The Morgan fingerprint density at radius 2 is 2.00 bits per heavy atom. The molecule has 3 rings (SSSR count). The number of hydrogen-bond donors (Lipinski definition) is 1. The third kappa shape index (κ3) is 4.05. The number of aromatic nitrogens is 3. The number of benzene rings is 1. The van der Waals surface area contributed by atoms with Gasteiger partial charge in [0, 0.05) is 24.6 Å². The number of nitrogens with one attached hydrogen (secondary N) is 1. The van der Waals surface area contributed by atoms with Gasteiger partial charge in [0.05, 0.1) is 12.5 Å². The van der Waals surface area contributed by atoms with Crippen LogP contribution in [0.25, 0.3) is 22.2 Å². The predicted octanol–water partition coefficient (Wildman–Crippen LogP) is 2.67. The van der Waals surface area contributed by atoms with Crippen LogP contribution in [0, 0.1) is 6.92 Å². The molecule has 0 aliphatic heterocycles. The molecule has 148 valence electrons. The van der Waals surface area contributed by atoms with Crippen LogP contribution in [0.15, 0.2) is 33.6 Å². The van der Waals surface area contributed by atoms with Crippen LogP contribution >= 0.6 is 0 Å². The molecule has 28 heavy (non-hydrogen) atoms. The van der Waals surface area contributed by atoms with E-state index in [0.29, 0.717) is 36.2 Å². The Labute approximate surface area is 162 Å². The van der Waals surface area contributed by atoms with Crippen molar-refractivity contribution in [2.75, 3.05) is 7.11 Å². The molecule has 2 heterocycles. The molecule has 8 nitrogen and oxygen atoms in total. The Hall–Kier alpha value is -3.16. The summed E-state index contributed by atoms with van der Waals surface area (Å²) in [5, 5.41) is 11.9. The monoisotopic (exact) mass is 384 g/mol. The summed E-state index contributed by atoms with van der Waals surface area (Å²) < 4.78 is 11.8. The fourth-order valence-electron chi connectivity index (χ4n) is 3.02. The van der Waals surface area contributed by atoms with Gasteiger partial charge in [-0.25, -0.2) is 4.68 Å². The average Bonchev–Trinajstić information content (AvgIpc) is 3.05. The van der Waals surface area contributed by atoms with Gasteiger partial charge in [-0.05, 0) is 51.5 Å². The lowest BCUT2D eigenvalue weighted by atomic mass is 10.1. The lowest BCUT2D eigenvalue weighted by Crippen LogP contribution is -2.30. The molecule has 0 fully saturated rings. The van der Waals surface area contributed by atoms with Gasteiger partial charge in [0.25, 0.3) is 5.56 Å². The van der Waals surface area contributed by atoms with Crippen molar-refractivity contribution in [3.05, 3.63) is 40.4 Å². The summed E-state index contributed by atoms with van der Waals surface area (Å²) in [5.74, 6) is 1.22. The van der Waals surface area contributed by atoms with Crippen LogP contribution in [0.4, 0.5) is 0 Å². The van der Waals surface area contributed by atoms with Crippen LogP contribution in [0.5, 0.6) is 5.75 Å². The van der Waals surface area contributed by atoms with E-state index >= 15 is 0 Å². The van der Waals surface area contributed by atoms with E-state index in [-0.39, 0.29) is 23.0 Å². The van der Waals surface area contributed by atoms with Gasteiger partial charge in [0.15, 0.2) is 5.52 Å². The second kappa shape index (κ2) is 8.24. The number of nitrogens with zero attached hydrogens (tertiary/aromatic N) is 3. The molecule has 2 aromatic heterocycles. The first-order valence-electron chi connectivity index (χ1n) is 9.21. The molecule has 1 amide bonds. The molecule has 0 spiro atoms.